The molecule has 3 aromatic carbocycles. The lowest BCUT2D eigenvalue weighted by molar-refractivity contribution is -0.132. The summed E-state index contributed by atoms with van der Waals surface area (Å²) in [5, 5.41) is 33.5. The maximum absolute atomic E-state index is 13.5. The maximum Gasteiger partial charge on any atom is 0.258 e. The molecule has 9 N–H and O–H groups in total. The first-order valence-electron chi connectivity index (χ1n) is 22.1. The summed E-state index contributed by atoms with van der Waals surface area (Å²) in [6, 6.07) is 18.0. The van der Waals surface area contributed by atoms with E-state index < -0.39 is 66.7 Å². The monoisotopic (exact) mass is 866 g/mol. The predicted molar refractivity (Wildman–Crippen MR) is 235 cm³/mol. The van der Waals surface area contributed by atoms with Crippen molar-refractivity contribution in [2.75, 3.05) is 19.7 Å². The first-order chi connectivity index (χ1) is 30.1. The number of benzene rings is 3. The van der Waals surface area contributed by atoms with Crippen molar-refractivity contribution in [3.8, 4) is 11.5 Å². The summed E-state index contributed by atoms with van der Waals surface area (Å²) in [6.07, 6.45) is 6.19. The molecule has 63 heavy (non-hydrogen) atoms. The van der Waals surface area contributed by atoms with Gasteiger partial charge in [-0.1, -0.05) is 69.3 Å². The van der Waals surface area contributed by atoms with Crippen LogP contribution in [-0.2, 0) is 48.0 Å². The molecule has 15 nitrogen and oxygen atoms in total. The van der Waals surface area contributed by atoms with Crippen LogP contribution in [0.2, 0.25) is 0 Å². The number of aliphatic hydroxyl groups excluding tert-OH is 1. The van der Waals surface area contributed by atoms with Crippen LogP contribution < -0.4 is 37.1 Å². The van der Waals surface area contributed by atoms with Gasteiger partial charge >= 0.3 is 0 Å². The lowest BCUT2D eigenvalue weighted by Crippen LogP contribution is -2.55. The Hall–Kier alpha value is -5.96. The van der Waals surface area contributed by atoms with E-state index in [0.717, 1.165) is 44.1 Å². The highest BCUT2D eigenvalue weighted by Crippen LogP contribution is 2.61. The SMILES string of the molecule is CC(C)C[C@H](NC(=O)[C@H](Cc1ccccc1)NC(=O)CNC(=O)CNC(=O)[C@H](Cc1ccc(O)cc1)NC(=O)COc1ccc2c(c1)CC[C@@H]1[C@@H]2CC[C@]2(C)[C@@H](O)CC[C@@H]12)C(N)=O. The van der Waals surface area contributed by atoms with Crippen molar-refractivity contribution in [2.24, 2.45) is 28.9 Å². The van der Waals surface area contributed by atoms with E-state index in [1.807, 2.05) is 32.0 Å². The van der Waals surface area contributed by atoms with Crippen LogP contribution in [0.3, 0.4) is 0 Å². The van der Waals surface area contributed by atoms with Gasteiger partial charge in [-0.2, -0.15) is 0 Å². The van der Waals surface area contributed by atoms with Crippen molar-refractivity contribution >= 4 is 35.4 Å². The summed E-state index contributed by atoms with van der Waals surface area (Å²) in [6.45, 7) is 4.63. The predicted octanol–water partition coefficient (Wildman–Crippen LogP) is 2.69. The third-order valence-corrected chi connectivity index (χ3v) is 13.2. The zero-order valence-corrected chi connectivity index (χ0v) is 36.4. The second-order valence-electron chi connectivity index (χ2n) is 18.1. The molecular weight excluding hydrogens is 805 g/mol. The van der Waals surface area contributed by atoms with Gasteiger partial charge in [0.25, 0.3) is 5.91 Å². The molecule has 15 heteroatoms. The Bertz CT molecular complexity index is 2110. The number of rotatable bonds is 19. The molecule has 0 spiro atoms. The molecule has 0 aromatic heterocycles. The summed E-state index contributed by atoms with van der Waals surface area (Å²) < 4.78 is 5.93. The van der Waals surface area contributed by atoms with E-state index in [9.17, 15) is 39.0 Å². The number of aliphatic hydroxyl groups is 1. The fraction of sp³-hybridized carbons (Fsp3) is 0.500. The van der Waals surface area contributed by atoms with E-state index in [4.69, 9.17) is 10.5 Å². The van der Waals surface area contributed by atoms with E-state index in [2.05, 4.69) is 39.6 Å². The first-order valence-corrected chi connectivity index (χ1v) is 22.1. The number of primary amides is 1. The van der Waals surface area contributed by atoms with Gasteiger partial charge in [0.05, 0.1) is 19.2 Å². The van der Waals surface area contributed by atoms with Gasteiger partial charge in [0, 0.05) is 12.8 Å². The van der Waals surface area contributed by atoms with Gasteiger partial charge in [0.1, 0.15) is 29.6 Å². The Morgan fingerprint density at radius 2 is 1.43 bits per heavy atom. The quantitative estimate of drug-likeness (QED) is 0.0883. The van der Waals surface area contributed by atoms with Crippen molar-refractivity contribution in [3.63, 3.8) is 0 Å². The number of hydrogen-bond donors (Lipinski definition) is 8. The van der Waals surface area contributed by atoms with Crippen molar-refractivity contribution in [1.29, 1.82) is 0 Å². The number of aryl methyl sites for hydroxylation is 1. The Morgan fingerprint density at radius 3 is 2.13 bits per heavy atom. The highest BCUT2D eigenvalue weighted by molar-refractivity contribution is 5.94. The molecule has 3 aliphatic rings. The molecule has 2 fully saturated rings. The summed E-state index contributed by atoms with van der Waals surface area (Å²) in [5.41, 5.74) is 9.46. The molecule has 0 bridgehead atoms. The molecule has 0 saturated heterocycles. The zero-order chi connectivity index (χ0) is 45.3. The van der Waals surface area contributed by atoms with Gasteiger partial charge in [0.15, 0.2) is 6.61 Å². The number of carbonyl (C=O) groups excluding carboxylic acids is 6. The number of carbonyl (C=O) groups is 6. The molecule has 6 rings (SSSR count). The highest BCUT2D eigenvalue weighted by atomic mass is 16.5. The number of nitrogens with one attached hydrogen (secondary N) is 5. The van der Waals surface area contributed by atoms with Gasteiger partial charge in [-0.15, -0.1) is 0 Å². The standard InChI is InChI=1S/C48H62N6O9/c1-28(2)21-38(45(49)60)54-47(62)40(22-29-7-5-4-6-8-29)52-43(58)26-50-42(57)25-51-46(61)39(23-30-9-12-32(55)13-10-30)53-44(59)27-63-33-14-16-34-31(24-33)11-15-36-35(34)19-20-48(3)37(36)17-18-41(48)56/h4-10,12-14,16,24,28,35-41,55-56H,11,15,17-23,25-27H2,1-3H3,(H2,49,60)(H,50,57)(H,51,61)(H,52,58)(H,53,59)(H,54,62)/t35-,36-,37+,38+,39+,40+,41+,48+/m1/s1. The number of ether oxygens (including phenoxy) is 1. The topological polar surface area (TPSA) is 238 Å². The van der Waals surface area contributed by atoms with Gasteiger partial charge in [-0.3, -0.25) is 28.8 Å². The number of aromatic hydroxyl groups is 1. The van der Waals surface area contributed by atoms with Crippen LogP contribution in [-0.4, -0.2) is 89.6 Å². The average molecular weight is 867 g/mol. The molecule has 3 aromatic rings. The van der Waals surface area contributed by atoms with E-state index in [1.54, 1.807) is 36.4 Å². The van der Waals surface area contributed by atoms with Gasteiger partial charge in [-0.05, 0) is 121 Å². The van der Waals surface area contributed by atoms with E-state index >= 15 is 0 Å². The lowest BCUT2D eigenvalue weighted by atomic mass is 9.55. The second kappa shape index (κ2) is 20.9. The number of hydrogen-bond acceptors (Lipinski definition) is 9. The zero-order valence-electron chi connectivity index (χ0n) is 36.4. The largest absolute Gasteiger partial charge is 0.508 e. The molecule has 0 aliphatic heterocycles. The average Bonchev–Trinajstić information content (AvgIpc) is 3.57. The smallest absolute Gasteiger partial charge is 0.258 e. The molecular formula is C48H62N6O9. The van der Waals surface area contributed by atoms with Gasteiger partial charge in [-0.25, -0.2) is 0 Å². The highest BCUT2D eigenvalue weighted by Gasteiger charge is 2.54. The number of nitrogens with two attached hydrogens (primary N) is 1. The van der Waals surface area contributed by atoms with Crippen LogP contribution >= 0.6 is 0 Å². The fourth-order valence-electron chi connectivity index (χ4n) is 9.91. The van der Waals surface area contributed by atoms with Crippen LogP contribution in [0, 0.1) is 23.2 Å². The van der Waals surface area contributed by atoms with Gasteiger partial charge in [0.2, 0.25) is 29.5 Å². The normalized spacial score (nSPS) is 22.5. The van der Waals surface area contributed by atoms with Crippen molar-refractivity contribution in [1.82, 2.24) is 26.6 Å². The van der Waals surface area contributed by atoms with Crippen LogP contribution in [0.1, 0.15) is 87.5 Å². The fourth-order valence-corrected chi connectivity index (χ4v) is 9.91. The molecule has 6 amide bonds. The third kappa shape index (κ3) is 12.2. The minimum Gasteiger partial charge on any atom is -0.508 e. The summed E-state index contributed by atoms with van der Waals surface area (Å²) in [4.78, 5) is 78.0. The summed E-state index contributed by atoms with van der Waals surface area (Å²) in [7, 11) is 0. The second-order valence-corrected chi connectivity index (χ2v) is 18.1. The third-order valence-electron chi connectivity index (χ3n) is 13.2. The van der Waals surface area contributed by atoms with Crippen molar-refractivity contribution in [3.05, 3.63) is 95.1 Å². The van der Waals surface area contributed by atoms with E-state index in [0.29, 0.717) is 35.5 Å². The lowest BCUT2D eigenvalue weighted by Gasteiger charge is -2.50. The Morgan fingerprint density at radius 1 is 0.762 bits per heavy atom. The number of phenolic OH excluding ortho intramolecular Hbond substituents is 1. The molecule has 0 radical (unpaired) electrons. The minimum absolute atomic E-state index is 0.000144. The van der Waals surface area contributed by atoms with Crippen molar-refractivity contribution < 1.29 is 43.7 Å². The van der Waals surface area contributed by atoms with Crippen LogP contribution in [0.15, 0.2) is 72.8 Å². The summed E-state index contributed by atoms with van der Waals surface area (Å²) >= 11 is 0. The summed E-state index contributed by atoms with van der Waals surface area (Å²) in [5.74, 6) is -1.75. The van der Waals surface area contributed by atoms with E-state index in [-0.39, 0.29) is 42.6 Å². The molecule has 338 valence electrons. The molecule has 2 saturated carbocycles. The van der Waals surface area contributed by atoms with Crippen LogP contribution in [0.25, 0.3) is 0 Å². The number of phenols is 1. The first kappa shape index (κ1) is 46.5. The number of amides is 6. The Balaban J connectivity index is 1.01. The molecule has 0 unspecified atom stereocenters. The van der Waals surface area contributed by atoms with Crippen LogP contribution in [0.5, 0.6) is 11.5 Å². The molecule has 3 aliphatic carbocycles. The van der Waals surface area contributed by atoms with Crippen molar-refractivity contribution in [2.45, 2.75) is 109 Å². The molecule has 8 atom stereocenters. The minimum atomic E-state index is -1.12. The molecule has 0 heterocycles. The Labute approximate surface area is 368 Å². The number of fused-ring (bicyclic) bond motifs is 5. The maximum atomic E-state index is 13.5. The van der Waals surface area contributed by atoms with E-state index in [1.165, 1.54) is 23.3 Å². The Kier molecular flexibility index (Phi) is 15.5. The van der Waals surface area contributed by atoms with Crippen LogP contribution in [0.4, 0.5) is 0 Å². The van der Waals surface area contributed by atoms with Gasteiger partial charge < -0.3 is 47.3 Å².